The number of nitrogens with one attached hydrogen (secondary N) is 2. The lowest BCUT2D eigenvalue weighted by molar-refractivity contribution is -0.136. The van der Waals surface area contributed by atoms with Crippen molar-refractivity contribution in [2.24, 2.45) is 0 Å². The zero-order chi connectivity index (χ0) is 47.7. The minimum atomic E-state index is -1.01. The molecule has 0 aliphatic carbocycles. The van der Waals surface area contributed by atoms with Crippen molar-refractivity contribution in [3.63, 3.8) is 0 Å². The Kier molecular flexibility index (Phi) is 14.1. The quantitative estimate of drug-likeness (QED) is 0.0852. The number of nitrogens with zero attached hydrogens (tertiary/aromatic N) is 8. The van der Waals surface area contributed by atoms with Gasteiger partial charge in [-0.25, -0.2) is 33.5 Å². The summed E-state index contributed by atoms with van der Waals surface area (Å²) in [5, 5.41) is 24.8. The Morgan fingerprint density at radius 3 is 1.39 bits per heavy atom. The summed E-state index contributed by atoms with van der Waals surface area (Å²) in [5.41, 5.74) is 6.75. The molecule has 2 aliphatic rings. The molecule has 18 heteroatoms. The maximum Gasteiger partial charge on any atom is 0.335 e. The van der Waals surface area contributed by atoms with E-state index in [2.05, 4.69) is 49.7 Å². The number of rotatable bonds is 13. The van der Waals surface area contributed by atoms with Gasteiger partial charge in [0.2, 0.25) is 0 Å². The molecule has 69 heavy (non-hydrogen) atoms. The van der Waals surface area contributed by atoms with E-state index in [0.717, 1.165) is 74.4 Å². The van der Waals surface area contributed by atoms with E-state index in [0.29, 0.717) is 39.8 Å². The average molecular weight is 933 g/mol. The van der Waals surface area contributed by atoms with E-state index in [1.54, 1.807) is 79.1 Å². The topological polar surface area (TPSA) is 204 Å². The molecule has 10 rings (SSSR count). The van der Waals surface area contributed by atoms with Gasteiger partial charge in [-0.3, -0.25) is 4.79 Å². The van der Waals surface area contributed by atoms with Gasteiger partial charge >= 0.3 is 24.0 Å². The maximum absolute atomic E-state index is 13.6. The SMILES string of the molecule is O=C(O)Cc1ccc(Oc2nccc(-c3c(-c4ccc(F)cc4)ncn3C3CCNCC3)n2)cc1.O=C(O)c1ccc(Oc2nccc(-c3c(-c4ccc(F)cc4)ncn3C3CCNCC3)n2)cc1. The normalized spacial score (nSPS) is 14.1. The van der Waals surface area contributed by atoms with E-state index in [9.17, 15) is 18.4 Å². The third-order valence-electron chi connectivity index (χ3n) is 11.8. The number of halogens is 2. The second-order valence-corrected chi connectivity index (χ2v) is 16.4. The largest absolute Gasteiger partial charge is 0.481 e. The summed E-state index contributed by atoms with van der Waals surface area (Å²) in [6.45, 7) is 3.67. The number of aromatic carboxylic acids is 1. The van der Waals surface area contributed by atoms with Crippen LogP contribution in [0.25, 0.3) is 45.3 Å². The Labute approximate surface area is 394 Å². The Hall–Kier alpha value is -8.22. The molecule has 6 heterocycles. The first-order chi connectivity index (χ1) is 33.6. The van der Waals surface area contributed by atoms with Crippen molar-refractivity contribution >= 4 is 11.9 Å². The van der Waals surface area contributed by atoms with Crippen LogP contribution in [-0.4, -0.2) is 87.4 Å². The second-order valence-electron chi connectivity index (χ2n) is 16.4. The molecule has 4 N–H and O–H groups in total. The molecular weight excluding hydrogens is 887 g/mol. The minimum absolute atomic E-state index is 0.0564. The van der Waals surface area contributed by atoms with Gasteiger partial charge < -0.3 is 39.5 Å². The number of carbonyl (C=O) groups is 2. The lowest BCUT2D eigenvalue weighted by atomic mass is 10.0. The van der Waals surface area contributed by atoms with Crippen LogP contribution in [0.4, 0.5) is 8.78 Å². The van der Waals surface area contributed by atoms with Gasteiger partial charge in [0, 0.05) is 35.6 Å². The number of ether oxygens (including phenoxy) is 2. The molecule has 2 saturated heterocycles. The molecule has 0 amide bonds. The smallest absolute Gasteiger partial charge is 0.335 e. The molecule has 4 aromatic carbocycles. The van der Waals surface area contributed by atoms with Crippen LogP contribution >= 0.6 is 0 Å². The Morgan fingerprint density at radius 2 is 0.986 bits per heavy atom. The van der Waals surface area contributed by atoms with Gasteiger partial charge in [0.15, 0.2) is 0 Å². The van der Waals surface area contributed by atoms with Gasteiger partial charge in [-0.2, -0.15) is 9.97 Å². The molecule has 0 radical (unpaired) electrons. The van der Waals surface area contributed by atoms with E-state index in [4.69, 9.17) is 19.7 Å². The lowest BCUT2D eigenvalue weighted by Crippen LogP contribution is -2.29. The number of carboxylic acids is 2. The highest BCUT2D eigenvalue weighted by Gasteiger charge is 2.26. The summed E-state index contributed by atoms with van der Waals surface area (Å²) in [6.07, 6.45) is 10.7. The van der Waals surface area contributed by atoms with Crippen LogP contribution in [0.2, 0.25) is 0 Å². The highest BCUT2D eigenvalue weighted by atomic mass is 19.1. The molecule has 4 aromatic heterocycles. The first kappa shape index (κ1) is 45.9. The number of piperidine rings is 2. The molecule has 0 bridgehead atoms. The molecule has 2 fully saturated rings. The standard InChI is InChI=1S/C26H24FN5O3.C25H22FN5O3/c27-19-5-3-18(4-6-19)24-25(32(16-30-24)20-9-12-28-13-10-20)22-11-14-29-26(31-22)35-21-7-1-17(2-8-21)15-23(33)34;26-18-5-1-16(2-6-18)22-23(31(15-29-22)19-9-12-27-13-10-19)21-11-14-28-25(30-21)34-20-7-3-17(4-8-20)24(32)33/h1-8,11,14,16,20,28H,9-10,12-13,15H2,(H,33,34);1-8,11,14-15,19,27H,9-10,12-13H2,(H,32,33). The zero-order valence-electron chi connectivity index (χ0n) is 37.1. The highest BCUT2D eigenvalue weighted by Crippen LogP contribution is 2.37. The number of aromatic nitrogens is 8. The molecule has 8 aromatic rings. The number of hydrogen-bond acceptors (Lipinski definition) is 12. The predicted molar refractivity (Wildman–Crippen MR) is 251 cm³/mol. The predicted octanol–water partition coefficient (Wildman–Crippen LogP) is 9.05. The van der Waals surface area contributed by atoms with E-state index in [1.807, 2.05) is 18.7 Å². The van der Waals surface area contributed by atoms with Crippen molar-refractivity contribution in [3.05, 3.63) is 157 Å². The van der Waals surface area contributed by atoms with Gasteiger partial charge in [-0.05, 0) is 154 Å². The average Bonchev–Trinajstić information content (AvgIpc) is 4.03. The van der Waals surface area contributed by atoms with E-state index in [1.165, 1.54) is 36.4 Å². The van der Waals surface area contributed by atoms with Crippen LogP contribution in [0.1, 0.15) is 53.7 Å². The molecule has 2 aliphatic heterocycles. The number of carboxylic acid groups (broad SMARTS) is 2. The van der Waals surface area contributed by atoms with Crippen molar-refractivity contribution in [2.75, 3.05) is 26.2 Å². The van der Waals surface area contributed by atoms with Crippen molar-refractivity contribution in [1.29, 1.82) is 0 Å². The number of aliphatic carboxylic acids is 1. The molecule has 0 spiro atoms. The highest BCUT2D eigenvalue weighted by molar-refractivity contribution is 5.87. The number of benzene rings is 4. The van der Waals surface area contributed by atoms with Gasteiger partial charge in [0.25, 0.3) is 0 Å². The zero-order valence-corrected chi connectivity index (χ0v) is 37.1. The lowest BCUT2D eigenvalue weighted by Gasteiger charge is -2.25. The fourth-order valence-corrected chi connectivity index (χ4v) is 8.36. The molecule has 0 saturated carbocycles. The first-order valence-electron chi connectivity index (χ1n) is 22.4. The Bertz CT molecular complexity index is 3030. The maximum atomic E-state index is 13.6. The third kappa shape index (κ3) is 11.2. The molecule has 16 nitrogen and oxygen atoms in total. The number of hydrogen-bond donors (Lipinski definition) is 4. The van der Waals surface area contributed by atoms with Gasteiger partial charge in [-0.1, -0.05) is 12.1 Å². The molecular formula is C51H46F2N10O6. The van der Waals surface area contributed by atoms with Crippen molar-refractivity contribution in [2.45, 2.75) is 44.2 Å². The van der Waals surface area contributed by atoms with E-state index >= 15 is 0 Å². The summed E-state index contributed by atoms with van der Waals surface area (Å²) in [6, 6.07) is 29.7. The Morgan fingerprint density at radius 1 is 0.565 bits per heavy atom. The van der Waals surface area contributed by atoms with E-state index < -0.39 is 11.9 Å². The summed E-state index contributed by atoms with van der Waals surface area (Å²) in [5.74, 6) is -1.59. The molecule has 0 atom stereocenters. The van der Waals surface area contributed by atoms with Crippen LogP contribution in [-0.2, 0) is 11.2 Å². The van der Waals surface area contributed by atoms with Crippen LogP contribution in [0.3, 0.4) is 0 Å². The van der Waals surface area contributed by atoms with Crippen LogP contribution < -0.4 is 20.1 Å². The monoisotopic (exact) mass is 932 g/mol. The first-order valence-corrected chi connectivity index (χ1v) is 22.4. The minimum Gasteiger partial charge on any atom is -0.481 e. The second kappa shape index (κ2) is 21.2. The third-order valence-corrected chi connectivity index (χ3v) is 11.8. The van der Waals surface area contributed by atoms with Crippen LogP contribution in [0, 0.1) is 11.6 Å². The van der Waals surface area contributed by atoms with Gasteiger partial charge in [0.05, 0.1) is 58.8 Å². The van der Waals surface area contributed by atoms with Crippen molar-refractivity contribution < 1.29 is 38.1 Å². The van der Waals surface area contributed by atoms with Crippen LogP contribution in [0.15, 0.2) is 134 Å². The van der Waals surface area contributed by atoms with Gasteiger partial charge in [-0.15, -0.1) is 0 Å². The van der Waals surface area contributed by atoms with Crippen LogP contribution in [0.5, 0.6) is 23.5 Å². The van der Waals surface area contributed by atoms with Gasteiger partial charge in [0.1, 0.15) is 23.1 Å². The summed E-state index contributed by atoms with van der Waals surface area (Å²) >= 11 is 0. The Balaban J connectivity index is 0.000000172. The van der Waals surface area contributed by atoms with Crippen molar-refractivity contribution in [3.8, 4) is 68.8 Å². The van der Waals surface area contributed by atoms with E-state index in [-0.39, 0.29) is 47.7 Å². The molecule has 350 valence electrons. The summed E-state index contributed by atoms with van der Waals surface area (Å²) in [4.78, 5) is 49.1. The molecule has 0 unspecified atom stereocenters. The number of imidazole rings is 2. The summed E-state index contributed by atoms with van der Waals surface area (Å²) in [7, 11) is 0. The fraction of sp³-hybridized carbons (Fsp3) is 0.216. The fourth-order valence-electron chi connectivity index (χ4n) is 8.36. The summed E-state index contributed by atoms with van der Waals surface area (Å²) < 4.78 is 43.1. The van der Waals surface area contributed by atoms with Crippen molar-refractivity contribution in [1.82, 2.24) is 49.7 Å².